The first kappa shape index (κ1) is 51.5. The van der Waals surface area contributed by atoms with E-state index < -0.39 is 13.9 Å². The number of nitrogens with zero attached hydrogens (tertiary/aromatic N) is 1. The molecule has 0 N–H and O–H groups in total. The minimum absolute atomic E-state index is 0.0157. The van der Waals surface area contributed by atoms with E-state index in [1.54, 1.807) is 0 Å². The van der Waals surface area contributed by atoms with Crippen LogP contribution in [0, 0.1) is 0 Å². The van der Waals surface area contributed by atoms with Crippen LogP contribution in [0.15, 0.2) is 48.6 Å². The maximum atomic E-state index is 12.6. The number of hydrogen-bond donors (Lipinski definition) is 0. The average molecular weight is 768 g/mol. The van der Waals surface area contributed by atoms with Crippen molar-refractivity contribution < 1.29 is 37.3 Å². The number of quaternary nitrogens is 1. The lowest BCUT2D eigenvalue weighted by Crippen LogP contribution is -2.37. The summed E-state index contributed by atoms with van der Waals surface area (Å²) in [6, 6.07) is 0. The Balaban J connectivity index is 4.36. The van der Waals surface area contributed by atoms with Gasteiger partial charge in [-0.05, 0) is 51.4 Å². The fourth-order valence-electron chi connectivity index (χ4n) is 5.54. The van der Waals surface area contributed by atoms with Crippen LogP contribution >= 0.6 is 7.82 Å². The third-order valence-electron chi connectivity index (χ3n) is 8.88. The number of unbranched alkanes of at least 4 members (excludes halogenated alkanes) is 17. The molecule has 1 unspecified atom stereocenters. The van der Waals surface area contributed by atoms with Crippen molar-refractivity contribution in [2.75, 3.05) is 54.1 Å². The fourth-order valence-corrected chi connectivity index (χ4v) is 6.27. The van der Waals surface area contributed by atoms with Gasteiger partial charge in [-0.25, -0.2) is 0 Å². The molecule has 310 valence electrons. The molecule has 0 rings (SSSR count). The van der Waals surface area contributed by atoms with Crippen molar-refractivity contribution >= 4 is 13.8 Å². The number of esters is 1. The molecule has 0 spiro atoms. The largest absolute Gasteiger partial charge is 0.756 e. The number of rotatable bonds is 39. The van der Waals surface area contributed by atoms with Crippen LogP contribution in [0.1, 0.15) is 168 Å². The quantitative estimate of drug-likeness (QED) is 0.0202. The molecule has 0 fully saturated rings. The third-order valence-corrected chi connectivity index (χ3v) is 9.85. The summed E-state index contributed by atoms with van der Waals surface area (Å²) in [5.74, 6) is -0.388. The number of ether oxygens (including phenoxy) is 2. The van der Waals surface area contributed by atoms with Gasteiger partial charge in [-0.3, -0.25) is 9.36 Å². The highest BCUT2D eigenvalue weighted by molar-refractivity contribution is 7.45. The molecular weight excluding hydrogens is 685 g/mol. The molecule has 0 aliphatic rings. The lowest BCUT2D eigenvalue weighted by molar-refractivity contribution is -0.870. The normalized spacial score (nSPS) is 14.3. The molecule has 0 aliphatic heterocycles. The second-order valence-corrected chi connectivity index (χ2v) is 16.8. The Morgan fingerprint density at radius 3 is 1.55 bits per heavy atom. The molecule has 0 aromatic rings. The van der Waals surface area contributed by atoms with Crippen molar-refractivity contribution in [2.24, 2.45) is 0 Å². The lowest BCUT2D eigenvalue weighted by atomic mass is 10.0. The van der Waals surface area contributed by atoms with E-state index in [9.17, 15) is 14.3 Å². The van der Waals surface area contributed by atoms with Gasteiger partial charge in [-0.15, -0.1) is 0 Å². The molecule has 0 saturated carbocycles. The van der Waals surface area contributed by atoms with Crippen molar-refractivity contribution in [1.82, 2.24) is 0 Å². The van der Waals surface area contributed by atoms with Crippen molar-refractivity contribution in [2.45, 2.75) is 174 Å². The zero-order valence-electron chi connectivity index (χ0n) is 35.0. The van der Waals surface area contributed by atoms with Crippen molar-refractivity contribution in [1.29, 1.82) is 0 Å². The Morgan fingerprint density at radius 2 is 1.04 bits per heavy atom. The lowest BCUT2D eigenvalue weighted by Gasteiger charge is -2.28. The number of likely N-dealkylation sites (N-methyl/N-ethyl adjacent to an activating group) is 1. The number of hydrogen-bond acceptors (Lipinski definition) is 7. The second kappa shape index (κ2) is 37.4. The highest BCUT2D eigenvalue weighted by Gasteiger charge is 2.20. The van der Waals surface area contributed by atoms with Gasteiger partial charge in [0.2, 0.25) is 0 Å². The summed E-state index contributed by atoms with van der Waals surface area (Å²) in [6.45, 7) is 5.31. The summed E-state index contributed by atoms with van der Waals surface area (Å²) < 4.78 is 34.5. The standard InChI is InChI=1S/C44H82NO7P/c1-6-8-10-12-14-16-18-20-22-23-24-25-27-29-31-33-35-37-44(46)52-43(42-51-53(47,48)50-40-38-45(3,4)5)41-49-39-36-34-32-30-28-26-21-19-17-15-13-11-9-7-2/h14,16,20,22,24-25,29,31,43H,6-13,15,17-19,21,23,26-28,30,32-42H2,1-5H3/b16-14-,22-20+,25-24-,31-29-/t43-/m1/s1. The Bertz CT molecular complexity index is 989. The van der Waals surface area contributed by atoms with E-state index in [0.717, 1.165) is 38.5 Å². The van der Waals surface area contributed by atoms with Gasteiger partial charge < -0.3 is 27.9 Å². The van der Waals surface area contributed by atoms with Crippen LogP contribution in [0.25, 0.3) is 0 Å². The van der Waals surface area contributed by atoms with E-state index in [0.29, 0.717) is 24.1 Å². The number of phosphoric ester groups is 1. The first-order chi connectivity index (χ1) is 25.6. The summed E-state index contributed by atoms with van der Waals surface area (Å²) in [5, 5.41) is 0. The summed E-state index contributed by atoms with van der Waals surface area (Å²) in [6.07, 6.45) is 44.1. The summed E-state index contributed by atoms with van der Waals surface area (Å²) in [4.78, 5) is 25.0. The summed E-state index contributed by atoms with van der Waals surface area (Å²) in [7, 11) is 1.32. The first-order valence-electron chi connectivity index (χ1n) is 21.4. The Labute approximate surface area is 327 Å². The van der Waals surface area contributed by atoms with Gasteiger partial charge in [-0.2, -0.15) is 0 Å². The highest BCUT2D eigenvalue weighted by Crippen LogP contribution is 2.38. The van der Waals surface area contributed by atoms with Crippen LogP contribution in [0.3, 0.4) is 0 Å². The van der Waals surface area contributed by atoms with Crippen LogP contribution in [0.4, 0.5) is 0 Å². The zero-order valence-corrected chi connectivity index (χ0v) is 35.8. The summed E-state index contributed by atoms with van der Waals surface area (Å²) >= 11 is 0. The molecule has 0 saturated heterocycles. The van der Waals surface area contributed by atoms with Gasteiger partial charge in [0.1, 0.15) is 19.3 Å². The number of carbonyl (C=O) groups excluding carboxylic acids is 1. The predicted molar refractivity (Wildman–Crippen MR) is 222 cm³/mol. The number of carbonyl (C=O) groups is 1. The van der Waals surface area contributed by atoms with Crippen molar-refractivity contribution in [3.8, 4) is 0 Å². The number of allylic oxidation sites excluding steroid dienone is 8. The van der Waals surface area contributed by atoms with Gasteiger partial charge in [-0.1, -0.05) is 159 Å². The van der Waals surface area contributed by atoms with Gasteiger partial charge in [0, 0.05) is 13.0 Å². The molecule has 0 bridgehead atoms. The van der Waals surface area contributed by atoms with Crippen LogP contribution in [0.5, 0.6) is 0 Å². The van der Waals surface area contributed by atoms with Crippen molar-refractivity contribution in [3.63, 3.8) is 0 Å². The molecule has 0 radical (unpaired) electrons. The summed E-state index contributed by atoms with van der Waals surface area (Å²) in [5.41, 5.74) is 0. The Morgan fingerprint density at radius 1 is 0.585 bits per heavy atom. The average Bonchev–Trinajstić information content (AvgIpc) is 3.11. The highest BCUT2D eigenvalue weighted by atomic mass is 31.2. The Kier molecular flexibility index (Phi) is 36.3. The molecular formula is C44H82NO7P. The van der Waals surface area contributed by atoms with Gasteiger partial charge in [0.25, 0.3) is 7.82 Å². The van der Waals surface area contributed by atoms with E-state index in [-0.39, 0.29) is 32.2 Å². The van der Waals surface area contributed by atoms with Crippen LogP contribution < -0.4 is 4.89 Å². The molecule has 0 aromatic heterocycles. The second-order valence-electron chi connectivity index (χ2n) is 15.4. The molecule has 53 heavy (non-hydrogen) atoms. The Hall–Kier alpha value is -1.54. The van der Waals surface area contributed by atoms with Gasteiger partial charge in [0.05, 0.1) is 34.4 Å². The maximum absolute atomic E-state index is 12.6. The number of phosphoric acid groups is 1. The van der Waals surface area contributed by atoms with Crippen LogP contribution in [0.2, 0.25) is 0 Å². The molecule has 9 heteroatoms. The van der Waals surface area contributed by atoms with E-state index in [1.807, 2.05) is 21.1 Å². The third kappa shape index (κ3) is 41.5. The molecule has 2 atom stereocenters. The van der Waals surface area contributed by atoms with Gasteiger partial charge >= 0.3 is 5.97 Å². The monoisotopic (exact) mass is 768 g/mol. The minimum atomic E-state index is -4.54. The fraction of sp³-hybridized carbons (Fsp3) is 0.795. The molecule has 0 heterocycles. The van der Waals surface area contributed by atoms with E-state index in [4.69, 9.17) is 18.5 Å². The molecule has 8 nitrogen and oxygen atoms in total. The van der Waals surface area contributed by atoms with Crippen molar-refractivity contribution in [3.05, 3.63) is 48.6 Å². The van der Waals surface area contributed by atoms with Gasteiger partial charge in [0.15, 0.2) is 0 Å². The predicted octanol–water partition coefficient (Wildman–Crippen LogP) is 11.7. The maximum Gasteiger partial charge on any atom is 0.306 e. The molecule has 0 aromatic carbocycles. The smallest absolute Gasteiger partial charge is 0.306 e. The van der Waals surface area contributed by atoms with E-state index in [1.165, 1.54) is 103 Å². The molecule has 0 amide bonds. The minimum Gasteiger partial charge on any atom is -0.756 e. The van der Waals surface area contributed by atoms with Crippen LogP contribution in [-0.4, -0.2) is 70.7 Å². The topological polar surface area (TPSA) is 94.1 Å². The SMILES string of the molecule is CCCCC/C=C\C/C=C/C/C=C\C/C=C\CCCC(=O)O[C@H](COCCCCCCCCCCCCCCCC)COP(=O)([O-])OCC[N+](C)(C)C. The van der Waals surface area contributed by atoms with E-state index in [2.05, 4.69) is 62.5 Å². The van der Waals surface area contributed by atoms with Crippen LogP contribution in [-0.2, 0) is 27.9 Å². The zero-order chi connectivity index (χ0) is 39.1. The molecule has 0 aliphatic carbocycles. The van der Waals surface area contributed by atoms with E-state index >= 15 is 0 Å². The first-order valence-corrected chi connectivity index (χ1v) is 22.8.